The molecule has 0 bridgehead atoms. The Balaban J connectivity index is 2.53. The van der Waals surface area contributed by atoms with Gasteiger partial charge in [-0.1, -0.05) is 22.6 Å². The van der Waals surface area contributed by atoms with Crippen molar-refractivity contribution in [3.8, 4) is 0 Å². The zero-order valence-electron chi connectivity index (χ0n) is 6.49. The van der Waals surface area contributed by atoms with Gasteiger partial charge in [0.25, 0.3) is 0 Å². The van der Waals surface area contributed by atoms with Crippen LogP contribution in [0.1, 0.15) is 12.8 Å². The molecule has 1 N–H and O–H groups in total. The van der Waals surface area contributed by atoms with Gasteiger partial charge in [-0.2, -0.15) is 8.51 Å². The third-order valence-electron chi connectivity index (χ3n) is 1.86. The molecule has 0 amide bonds. The average Bonchev–Trinajstić information content (AvgIpc) is 1.86. The maximum atomic E-state index is 11.1. The lowest BCUT2D eigenvalue weighted by molar-refractivity contribution is 0.362. The number of halogens is 1. The minimum Gasteiger partial charge on any atom is -0.215 e. The number of piperidine rings is 1. The molecule has 0 aliphatic carbocycles. The first-order valence-electron chi connectivity index (χ1n) is 3.61. The van der Waals surface area contributed by atoms with E-state index in [0.29, 0.717) is 3.92 Å². The SMILES string of the molecule is CS(=O)(=[OH+])N1CCC(I)CC1. The molecule has 0 radical (unpaired) electrons. The van der Waals surface area contributed by atoms with Gasteiger partial charge >= 0.3 is 10.0 Å². The summed E-state index contributed by atoms with van der Waals surface area (Å²) in [7, 11) is -2.67. The normalized spacial score (nSPS) is 28.2. The minimum absolute atomic E-state index is 0.686. The highest BCUT2D eigenvalue weighted by molar-refractivity contribution is 14.1. The third-order valence-corrected chi connectivity index (χ3v) is 4.43. The Kier molecular flexibility index (Phi) is 3.16. The molecule has 0 aromatic heterocycles. The van der Waals surface area contributed by atoms with E-state index in [1.165, 1.54) is 6.26 Å². The van der Waals surface area contributed by atoms with Gasteiger partial charge in [0, 0.05) is 17.0 Å². The fourth-order valence-corrected chi connectivity index (χ4v) is 2.61. The molecule has 11 heavy (non-hydrogen) atoms. The standard InChI is InChI=1S/C6H12INO2S/c1-11(9,10)8-4-2-6(7)3-5-8/h6H,2-5H2,1H3/p+1. The van der Waals surface area contributed by atoms with Gasteiger partial charge in [0.1, 0.15) is 6.26 Å². The molecule has 1 fully saturated rings. The van der Waals surface area contributed by atoms with Crippen LogP contribution in [0.5, 0.6) is 0 Å². The van der Waals surface area contributed by atoms with Gasteiger partial charge in [-0.15, -0.1) is 0 Å². The molecular weight excluding hydrogens is 277 g/mol. The maximum absolute atomic E-state index is 11.1. The molecule has 1 unspecified atom stereocenters. The second-order valence-electron chi connectivity index (χ2n) is 2.87. The van der Waals surface area contributed by atoms with Crippen molar-refractivity contribution in [1.82, 2.24) is 4.31 Å². The topological polar surface area (TPSA) is 41.7 Å². The first-order valence-corrected chi connectivity index (χ1v) is 6.73. The second-order valence-corrected chi connectivity index (χ2v) is 6.67. The van der Waals surface area contributed by atoms with Crippen LogP contribution in [0.15, 0.2) is 0 Å². The van der Waals surface area contributed by atoms with E-state index >= 15 is 0 Å². The minimum atomic E-state index is -2.67. The molecule has 1 atom stereocenters. The van der Waals surface area contributed by atoms with Gasteiger partial charge in [-0.05, 0) is 12.8 Å². The Labute approximate surface area is 81.3 Å². The fraction of sp³-hybridized carbons (Fsp3) is 1.00. The number of hydrogen-bond donors (Lipinski definition) is 0. The van der Waals surface area contributed by atoms with Gasteiger partial charge in [-0.25, -0.2) is 4.21 Å². The van der Waals surface area contributed by atoms with E-state index in [0.717, 1.165) is 25.9 Å². The Morgan fingerprint density at radius 2 is 2.00 bits per heavy atom. The van der Waals surface area contributed by atoms with Crippen LogP contribution in [-0.4, -0.2) is 36.0 Å². The Hall–Kier alpha value is 0.640. The fourth-order valence-electron chi connectivity index (χ4n) is 1.16. The van der Waals surface area contributed by atoms with Gasteiger partial charge in [-0.3, -0.25) is 0 Å². The lowest BCUT2D eigenvalue weighted by Gasteiger charge is -2.24. The summed E-state index contributed by atoms with van der Waals surface area (Å²) >= 11 is 2.39. The number of alkyl halides is 1. The third kappa shape index (κ3) is 2.87. The Bertz CT molecular complexity index is 219. The zero-order valence-corrected chi connectivity index (χ0v) is 9.47. The van der Waals surface area contributed by atoms with Crippen LogP contribution in [-0.2, 0) is 10.0 Å². The van der Waals surface area contributed by atoms with Crippen molar-refractivity contribution in [2.75, 3.05) is 19.3 Å². The molecule has 1 aliphatic rings. The summed E-state index contributed by atoms with van der Waals surface area (Å²) < 4.78 is 22.7. The van der Waals surface area contributed by atoms with Crippen molar-refractivity contribution >= 4 is 32.6 Å². The maximum Gasteiger partial charge on any atom is 0.342 e. The largest absolute Gasteiger partial charge is 0.342 e. The quantitative estimate of drug-likeness (QED) is 0.403. The predicted molar refractivity (Wildman–Crippen MR) is 54.6 cm³/mol. The molecule has 0 aromatic rings. The van der Waals surface area contributed by atoms with E-state index in [1.54, 1.807) is 4.31 Å². The van der Waals surface area contributed by atoms with Crippen LogP contribution in [0.4, 0.5) is 0 Å². The van der Waals surface area contributed by atoms with Crippen LogP contribution in [0.3, 0.4) is 0 Å². The molecular formula is C6H13INO2S+. The van der Waals surface area contributed by atoms with E-state index in [4.69, 9.17) is 0 Å². The summed E-state index contributed by atoms with van der Waals surface area (Å²) in [6, 6.07) is 0. The molecule has 3 nitrogen and oxygen atoms in total. The smallest absolute Gasteiger partial charge is 0.215 e. The highest BCUT2D eigenvalue weighted by Crippen LogP contribution is 2.19. The van der Waals surface area contributed by atoms with Crippen molar-refractivity contribution in [2.45, 2.75) is 16.8 Å². The molecule has 0 spiro atoms. The first-order chi connectivity index (χ1) is 5.00. The van der Waals surface area contributed by atoms with E-state index in [2.05, 4.69) is 22.6 Å². The van der Waals surface area contributed by atoms with Crippen LogP contribution >= 0.6 is 22.6 Å². The van der Waals surface area contributed by atoms with E-state index in [-0.39, 0.29) is 0 Å². The van der Waals surface area contributed by atoms with Crippen molar-refractivity contribution < 1.29 is 8.42 Å². The highest BCUT2D eigenvalue weighted by Gasteiger charge is 2.26. The Morgan fingerprint density at radius 3 is 2.36 bits per heavy atom. The summed E-state index contributed by atoms with van der Waals surface area (Å²) in [6.07, 6.45) is 3.46. The van der Waals surface area contributed by atoms with Crippen LogP contribution in [0.25, 0.3) is 0 Å². The second kappa shape index (κ2) is 3.57. The number of hydrogen-bond acceptors (Lipinski definition) is 1. The van der Waals surface area contributed by atoms with Crippen molar-refractivity contribution in [3.63, 3.8) is 0 Å². The molecule has 1 saturated heterocycles. The first kappa shape index (κ1) is 9.73. The lowest BCUT2D eigenvalue weighted by atomic mass is 10.2. The molecule has 1 heterocycles. The molecule has 0 saturated carbocycles. The van der Waals surface area contributed by atoms with Gasteiger partial charge in [0.15, 0.2) is 0 Å². The molecule has 5 heteroatoms. The molecule has 1 rings (SSSR count). The Morgan fingerprint density at radius 1 is 1.55 bits per heavy atom. The summed E-state index contributed by atoms with van der Waals surface area (Å²) in [5, 5.41) is 0. The van der Waals surface area contributed by atoms with Gasteiger partial charge in [0.2, 0.25) is 0 Å². The lowest BCUT2D eigenvalue weighted by Crippen LogP contribution is -2.37. The van der Waals surface area contributed by atoms with Crippen LogP contribution in [0.2, 0.25) is 0 Å². The summed E-state index contributed by atoms with van der Waals surface area (Å²) in [6.45, 7) is 1.53. The van der Waals surface area contributed by atoms with Crippen LogP contribution < -0.4 is 0 Å². The summed E-state index contributed by atoms with van der Waals surface area (Å²) in [5.41, 5.74) is 0. The number of nitrogens with zero attached hydrogens (tertiary/aromatic N) is 1. The van der Waals surface area contributed by atoms with E-state index in [9.17, 15) is 8.42 Å². The van der Waals surface area contributed by atoms with Crippen molar-refractivity contribution in [2.24, 2.45) is 0 Å². The van der Waals surface area contributed by atoms with Crippen molar-refractivity contribution in [1.29, 1.82) is 0 Å². The highest BCUT2D eigenvalue weighted by atomic mass is 127. The monoisotopic (exact) mass is 290 g/mol. The van der Waals surface area contributed by atoms with Gasteiger partial charge in [0.05, 0.1) is 0 Å². The van der Waals surface area contributed by atoms with Crippen molar-refractivity contribution in [3.05, 3.63) is 0 Å². The predicted octanol–water partition coefficient (Wildman–Crippen LogP) is 1.00. The molecule has 66 valence electrons. The van der Waals surface area contributed by atoms with Gasteiger partial charge < -0.3 is 0 Å². The summed E-state index contributed by atoms with van der Waals surface area (Å²) in [4.78, 5) is 0. The van der Waals surface area contributed by atoms with E-state index < -0.39 is 10.0 Å². The molecule has 0 aromatic carbocycles. The summed E-state index contributed by atoms with van der Waals surface area (Å²) in [5.74, 6) is 0. The zero-order chi connectivity index (χ0) is 8.48. The van der Waals surface area contributed by atoms with E-state index in [1.807, 2.05) is 0 Å². The van der Waals surface area contributed by atoms with Crippen LogP contribution in [0, 0.1) is 0 Å². The molecule has 1 aliphatic heterocycles. The average molecular weight is 290 g/mol. The number of rotatable bonds is 1.